The fraction of sp³-hybridized carbons (Fsp3) is 0.500. The van der Waals surface area contributed by atoms with E-state index in [0.29, 0.717) is 5.56 Å². The second-order valence-corrected chi connectivity index (χ2v) is 5.06. The van der Waals surface area contributed by atoms with E-state index in [2.05, 4.69) is 25.8 Å². The Kier molecular flexibility index (Phi) is 4.54. The second-order valence-electron chi connectivity index (χ2n) is 4.26. The molecule has 1 N–H and O–H groups in total. The highest BCUT2D eigenvalue weighted by molar-refractivity contribution is 9.09. The highest BCUT2D eigenvalue weighted by Crippen LogP contribution is 2.07. The SMILES string of the molecule is O=C(c1ccc(=O)[nH]c1)N1CCN(CCBr)CC1. The van der Waals surface area contributed by atoms with Crippen molar-refractivity contribution in [3.63, 3.8) is 0 Å². The van der Waals surface area contributed by atoms with Gasteiger partial charge in [-0.1, -0.05) is 15.9 Å². The average Bonchev–Trinajstić information content (AvgIpc) is 2.40. The lowest BCUT2D eigenvalue weighted by Crippen LogP contribution is -2.49. The van der Waals surface area contributed by atoms with Gasteiger partial charge in [0.2, 0.25) is 5.56 Å². The molecule has 1 aromatic heterocycles. The Morgan fingerprint density at radius 3 is 2.56 bits per heavy atom. The van der Waals surface area contributed by atoms with Gasteiger partial charge in [-0.2, -0.15) is 0 Å². The minimum Gasteiger partial charge on any atom is -0.336 e. The smallest absolute Gasteiger partial charge is 0.255 e. The fourth-order valence-electron chi connectivity index (χ4n) is 2.02. The number of aromatic amines is 1. The molecule has 0 atom stereocenters. The Balaban J connectivity index is 1.95. The number of hydrogen-bond donors (Lipinski definition) is 1. The first-order chi connectivity index (χ1) is 8.70. The molecular formula is C12H16BrN3O2. The van der Waals surface area contributed by atoms with Gasteiger partial charge in [-0.05, 0) is 6.07 Å². The number of pyridine rings is 1. The second kappa shape index (κ2) is 6.15. The molecular weight excluding hydrogens is 298 g/mol. The standard InChI is InChI=1S/C12H16BrN3O2/c13-3-4-15-5-7-16(8-6-15)12(18)10-1-2-11(17)14-9-10/h1-2,9H,3-8H2,(H,14,17). The third-order valence-electron chi connectivity index (χ3n) is 3.09. The van der Waals surface area contributed by atoms with Gasteiger partial charge in [0.05, 0.1) is 5.56 Å². The minimum atomic E-state index is -0.186. The van der Waals surface area contributed by atoms with Gasteiger partial charge < -0.3 is 9.88 Å². The summed E-state index contributed by atoms with van der Waals surface area (Å²) in [5.74, 6) is -0.00950. The molecule has 6 heteroatoms. The number of hydrogen-bond acceptors (Lipinski definition) is 3. The minimum absolute atomic E-state index is 0.00950. The monoisotopic (exact) mass is 313 g/mol. The van der Waals surface area contributed by atoms with Gasteiger partial charge in [0.25, 0.3) is 5.91 Å². The molecule has 0 aliphatic carbocycles. The van der Waals surface area contributed by atoms with Crippen LogP contribution in [0.5, 0.6) is 0 Å². The molecule has 2 rings (SSSR count). The van der Waals surface area contributed by atoms with Gasteiger partial charge in [-0.25, -0.2) is 0 Å². The third-order valence-corrected chi connectivity index (χ3v) is 3.45. The predicted octanol–water partition coefficient (Wildman–Crippen LogP) is 0.528. The maximum absolute atomic E-state index is 12.2. The lowest BCUT2D eigenvalue weighted by Gasteiger charge is -2.34. The summed E-state index contributed by atoms with van der Waals surface area (Å²) in [7, 11) is 0. The summed E-state index contributed by atoms with van der Waals surface area (Å²) in [4.78, 5) is 29.8. The summed E-state index contributed by atoms with van der Waals surface area (Å²) < 4.78 is 0. The number of carbonyl (C=O) groups excluding carboxylic acids is 1. The van der Waals surface area contributed by atoms with Crippen LogP contribution in [0.1, 0.15) is 10.4 Å². The maximum Gasteiger partial charge on any atom is 0.255 e. The van der Waals surface area contributed by atoms with Gasteiger partial charge in [0.15, 0.2) is 0 Å². The van der Waals surface area contributed by atoms with Crippen LogP contribution in [0.25, 0.3) is 0 Å². The molecule has 5 nitrogen and oxygen atoms in total. The molecule has 1 fully saturated rings. The number of amides is 1. The molecule has 0 saturated carbocycles. The largest absolute Gasteiger partial charge is 0.336 e. The normalized spacial score (nSPS) is 16.8. The predicted molar refractivity (Wildman–Crippen MR) is 73.2 cm³/mol. The lowest BCUT2D eigenvalue weighted by atomic mass is 10.2. The number of aromatic nitrogens is 1. The first-order valence-corrected chi connectivity index (χ1v) is 7.09. The molecule has 0 aromatic carbocycles. The van der Waals surface area contributed by atoms with E-state index in [4.69, 9.17) is 0 Å². The summed E-state index contributed by atoms with van der Waals surface area (Å²) in [6, 6.07) is 2.96. The molecule has 0 spiro atoms. The first kappa shape index (κ1) is 13.3. The van der Waals surface area contributed by atoms with Crippen LogP contribution >= 0.6 is 15.9 Å². The van der Waals surface area contributed by atoms with Crippen LogP contribution in [0.3, 0.4) is 0 Å². The molecule has 1 aliphatic rings. The van der Waals surface area contributed by atoms with Crippen LogP contribution in [0.2, 0.25) is 0 Å². The van der Waals surface area contributed by atoms with Gasteiger partial charge in [-0.3, -0.25) is 14.5 Å². The quantitative estimate of drug-likeness (QED) is 0.828. The summed E-state index contributed by atoms with van der Waals surface area (Å²) in [5, 5.41) is 0.959. The van der Waals surface area contributed by atoms with Crippen LogP contribution < -0.4 is 5.56 Å². The maximum atomic E-state index is 12.2. The third kappa shape index (κ3) is 3.20. The van der Waals surface area contributed by atoms with Crippen molar-refractivity contribution < 1.29 is 4.79 Å². The van der Waals surface area contributed by atoms with Gasteiger partial charge in [0, 0.05) is 50.3 Å². The van der Waals surface area contributed by atoms with Crippen molar-refractivity contribution >= 4 is 21.8 Å². The van der Waals surface area contributed by atoms with Crippen molar-refractivity contribution in [2.45, 2.75) is 0 Å². The average molecular weight is 314 g/mol. The molecule has 0 bridgehead atoms. The Morgan fingerprint density at radius 2 is 2.00 bits per heavy atom. The highest BCUT2D eigenvalue weighted by Gasteiger charge is 2.21. The lowest BCUT2D eigenvalue weighted by molar-refractivity contribution is 0.0644. The number of piperazine rings is 1. The summed E-state index contributed by atoms with van der Waals surface area (Å²) in [6.45, 7) is 4.30. The van der Waals surface area contributed by atoms with Crippen molar-refractivity contribution in [1.29, 1.82) is 0 Å². The molecule has 98 valence electrons. The number of halogens is 1. The van der Waals surface area contributed by atoms with Crippen LogP contribution in [0.4, 0.5) is 0 Å². The van der Waals surface area contributed by atoms with E-state index in [1.165, 1.54) is 12.3 Å². The van der Waals surface area contributed by atoms with Gasteiger partial charge in [-0.15, -0.1) is 0 Å². The molecule has 1 amide bonds. The van der Waals surface area contributed by atoms with Crippen molar-refractivity contribution in [3.05, 3.63) is 34.2 Å². The van der Waals surface area contributed by atoms with E-state index < -0.39 is 0 Å². The zero-order valence-electron chi connectivity index (χ0n) is 10.1. The molecule has 0 radical (unpaired) electrons. The Labute approximate surface area is 114 Å². The van der Waals surface area contributed by atoms with Gasteiger partial charge >= 0.3 is 0 Å². The molecule has 1 aliphatic heterocycles. The number of nitrogens with zero attached hydrogens (tertiary/aromatic N) is 2. The topological polar surface area (TPSA) is 56.4 Å². The van der Waals surface area contributed by atoms with E-state index in [1.54, 1.807) is 6.07 Å². The van der Waals surface area contributed by atoms with Crippen LogP contribution in [-0.2, 0) is 0 Å². The molecule has 1 aromatic rings. The number of rotatable bonds is 3. The zero-order valence-corrected chi connectivity index (χ0v) is 11.6. The number of alkyl halides is 1. The van der Waals surface area contributed by atoms with E-state index >= 15 is 0 Å². The summed E-state index contributed by atoms with van der Waals surface area (Å²) in [6.07, 6.45) is 1.48. The van der Waals surface area contributed by atoms with Crippen molar-refractivity contribution in [3.8, 4) is 0 Å². The van der Waals surface area contributed by atoms with Crippen LogP contribution in [0.15, 0.2) is 23.1 Å². The van der Waals surface area contributed by atoms with E-state index in [9.17, 15) is 9.59 Å². The van der Waals surface area contributed by atoms with E-state index in [1.807, 2.05) is 4.90 Å². The highest BCUT2D eigenvalue weighted by atomic mass is 79.9. The van der Waals surface area contributed by atoms with Crippen molar-refractivity contribution in [2.24, 2.45) is 0 Å². The molecule has 2 heterocycles. The first-order valence-electron chi connectivity index (χ1n) is 5.97. The zero-order chi connectivity index (χ0) is 13.0. The van der Waals surface area contributed by atoms with Crippen LogP contribution in [-0.4, -0.2) is 58.7 Å². The number of H-pyrrole nitrogens is 1. The Hall–Kier alpha value is -1.14. The number of nitrogens with one attached hydrogen (secondary N) is 1. The van der Waals surface area contributed by atoms with E-state index in [0.717, 1.165) is 38.1 Å². The number of carbonyl (C=O) groups is 1. The Morgan fingerprint density at radius 1 is 1.28 bits per heavy atom. The Bertz CT molecular complexity index is 446. The summed E-state index contributed by atoms with van der Waals surface area (Å²) >= 11 is 3.42. The molecule has 1 saturated heterocycles. The van der Waals surface area contributed by atoms with Gasteiger partial charge in [0.1, 0.15) is 0 Å². The van der Waals surface area contributed by atoms with Crippen molar-refractivity contribution in [2.75, 3.05) is 38.1 Å². The van der Waals surface area contributed by atoms with E-state index in [-0.39, 0.29) is 11.5 Å². The summed E-state index contributed by atoms with van der Waals surface area (Å²) in [5.41, 5.74) is 0.359. The molecule has 0 unspecified atom stereocenters. The molecule has 18 heavy (non-hydrogen) atoms. The van der Waals surface area contributed by atoms with Crippen LogP contribution in [0, 0.1) is 0 Å². The fourth-order valence-corrected chi connectivity index (χ4v) is 2.52. The van der Waals surface area contributed by atoms with Crippen molar-refractivity contribution in [1.82, 2.24) is 14.8 Å².